The third kappa shape index (κ3) is 1.55. The molecule has 0 atom stereocenters. The van der Waals surface area contributed by atoms with E-state index in [4.69, 9.17) is 0 Å². The van der Waals surface area contributed by atoms with E-state index in [0.717, 1.165) is 18.6 Å². The van der Waals surface area contributed by atoms with Crippen LogP contribution in [-0.4, -0.2) is 28.0 Å². The summed E-state index contributed by atoms with van der Waals surface area (Å²) in [4.78, 5) is 16.6. The number of pyridine rings is 1. The summed E-state index contributed by atoms with van der Waals surface area (Å²) in [7, 11) is 0. The molecule has 2 aliphatic heterocycles. The Morgan fingerprint density at radius 2 is 2.17 bits per heavy atom. The third-order valence-electron chi connectivity index (χ3n) is 2.78. The van der Waals surface area contributed by atoms with Gasteiger partial charge in [-0.1, -0.05) is 0 Å². The van der Waals surface area contributed by atoms with Crippen LogP contribution in [0.5, 0.6) is 0 Å². The highest BCUT2D eigenvalue weighted by molar-refractivity contribution is 6.45. The average Bonchev–Trinajstić information content (AvgIpc) is 2.80. The van der Waals surface area contributed by atoms with Gasteiger partial charge in [0.2, 0.25) is 11.9 Å². The van der Waals surface area contributed by atoms with Gasteiger partial charge in [0, 0.05) is 6.54 Å². The van der Waals surface area contributed by atoms with Gasteiger partial charge in [-0.3, -0.25) is 15.1 Å². The van der Waals surface area contributed by atoms with Crippen LogP contribution in [0, 0.1) is 11.9 Å². The Labute approximate surface area is 101 Å². The number of carbonyl (C=O) groups excluding carboxylic acids is 1. The molecule has 0 saturated carbocycles. The van der Waals surface area contributed by atoms with Crippen molar-refractivity contribution in [1.82, 2.24) is 15.3 Å². The molecule has 0 saturated heterocycles. The summed E-state index contributed by atoms with van der Waals surface area (Å²) in [6, 6.07) is 2.14. The van der Waals surface area contributed by atoms with E-state index < -0.39 is 17.8 Å². The predicted octanol–water partition coefficient (Wildman–Crippen LogP) is 0.741. The van der Waals surface area contributed by atoms with E-state index in [0.29, 0.717) is 12.4 Å². The van der Waals surface area contributed by atoms with Gasteiger partial charge in [0.1, 0.15) is 5.82 Å². The summed E-state index contributed by atoms with van der Waals surface area (Å²) in [5.41, 5.74) is 2.46. The molecule has 0 bridgehead atoms. The highest BCUT2D eigenvalue weighted by atomic mass is 19.1. The number of nitrogens with one attached hydrogen (secondary N) is 1. The Balaban J connectivity index is 2.02. The van der Waals surface area contributed by atoms with Gasteiger partial charge in [0.25, 0.3) is 5.91 Å². The molecule has 0 aliphatic carbocycles. The summed E-state index contributed by atoms with van der Waals surface area (Å²) in [6.45, 7) is 0.524. The molecule has 1 N–H and O–H groups in total. The first kappa shape index (κ1) is 10.8. The zero-order valence-corrected chi connectivity index (χ0v) is 9.15. The van der Waals surface area contributed by atoms with Crippen molar-refractivity contribution in [1.29, 1.82) is 0 Å². The Kier molecular flexibility index (Phi) is 2.32. The summed E-state index contributed by atoms with van der Waals surface area (Å²) < 4.78 is 26.2. The molecule has 2 aliphatic rings. The fourth-order valence-electron chi connectivity index (χ4n) is 1.93. The molecule has 5 nitrogen and oxygen atoms in total. The van der Waals surface area contributed by atoms with Crippen LogP contribution < -0.4 is 5.43 Å². The first-order valence-corrected chi connectivity index (χ1v) is 5.35. The van der Waals surface area contributed by atoms with Crippen molar-refractivity contribution in [3.63, 3.8) is 0 Å². The minimum Gasteiger partial charge on any atom is -0.292 e. The second kappa shape index (κ2) is 3.86. The summed E-state index contributed by atoms with van der Waals surface area (Å²) in [6.07, 6.45) is 2.55. The van der Waals surface area contributed by atoms with Crippen LogP contribution in [0.4, 0.5) is 8.78 Å². The molecule has 7 heteroatoms. The molecule has 0 spiro atoms. The van der Waals surface area contributed by atoms with Gasteiger partial charge in [-0.2, -0.15) is 18.9 Å². The van der Waals surface area contributed by atoms with E-state index in [9.17, 15) is 13.6 Å². The Morgan fingerprint density at radius 3 is 2.94 bits per heavy atom. The molecule has 92 valence electrons. The number of hydrogen-bond acceptors (Lipinski definition) is 4. The number of aromatic nitrogens is 1. The number of rotatable bonds is 1. The maximum Gasteiger partial charge on any atom is 0.280 e. The zero-order valence-electron chi connectivity index (χ0n) is 9.15. The average molecular weight is 250 g/mol. The topological polar surface area (TPSA) is 57.6 Å². The fourth-order valence-corrected chi connectivity index (χ4v) is 1.93. The molecule has 3 rings (SSSR count). The highest BCUT2D eigenvalue weighted by Crippen LogP contribution is 2.19. The molecule has 1 aromatic heterocycles. The largest absolute Gasteiger partial charge is 0.292 e. The van der Waals surface area contributed by atoms with Crippen molar-refractivity contribution in [3.8, 4) is 0 Å². The Bertz CT molecular complexity index is 597. The molecule has 3 heterocycles. The lowest BCUT2D eigenvalue weighted by Crippen LogP contribution is -2.43. The number of hydrazone groups is 1. The van der Waals surface area contributed by atoms with Crippen LogP contribution in [0.2, 0.25) is 0 Å². The molecule has 1 amide bonds. The van der Waals surface area contributed by atoms with Crippen molar-refractivity contribution in [3.05, 3.63) is 41.5 Å². The smallest absolute Gasteiger partial charge is 0.280 e. The number of fused-ring (bicyclic) bond motifs is 1. The number of amides is 1. The number of hydrogen-bond donors (Lipinski definition) is 1. The van der Waals surface area contributed by atoms with Crippen molar-refractivity contribution < 1.29 is 13.6 Å². The lowest BCUT2D eigenvalue weighted by molar-refractivity contribution is -0.122. The Hall–Kier alpha value is -2.31. The summed E-state index contributed by atoms with van der Waals surface area (Å²) >= 11 is 0. The summed E-state index contributed by atoms with van der Waals surface area (Å²) in [5.74, 6) is -1.80. The first-order chi connectivity index (χ1) is 8.66. The lowest BCUT2D eigenvalue weighted by atomic mass is 10.1. The molecule has 1 aromatic rings. The highest BCUT2D eigenvalue weighted by Gasteiger charge is 2.32. The SMILES string of the molecule is O=C1C(c2ccc(F)nc2F)=NNC2=CCCN12. The van der Waals surface area contributed by atoms with E-state index in [1.807, 2.05) is 6.08 Å². The van der Waals surface area contributed by atoms with Gasteiger partial charge < -0.3 is 0 Å². The second-order valence-electron chi connectivity index (χ2n) is 3.88. The lowest BCUT2D eigenvalue weighted by Gasteiger charge is -2.25. The van der Waals surface area contributed by atoms with Gasteiger partial charge in [0.15, 0.2) is 5.71 Å². The van der Waals surface area contributed by atoms with E-state index in [-0.39, 0.29) is 11.3 Å². The van der Waals surface area contributed by atoms with Gasteiger partial charge in [-0.15, -0.1) is 0 Å². The van der Waals surface area contributed by atoms with Gasteiger partial charge in [-0.05, 0) is 24.6 Å². The molecule has 0 unspecified atom stereocenters. The van der Waals surface area contributed by atoms with Crippen molar-refractivity contribution in [2.45, 2.75) is 6.42 Å². The second-order valence-corrected chi connectivity index (χ2v) is 3.88. The van der Waals surface area contributed by atoms with Gasteiger partial charge in [-0.25, -0.2) is 0 Å². The third-order valence-corrected chi connectivity index (χ3v) is 2.78. The van der Waals surface area contributed by atoms with Crippen molar-refractivity contribution in [2.24, 2.45) is 5.10 Å². The van der Waals surface area contributed by atoms with E-state index in [2.05, 4.69) is 15.5 Å². The molecular weight excluding hydrogens is 242 g/mol. The first-order valence-electron chi connectivity index (χ1n) is 5.35. The van der Waals surface area contributed by atoms with Crippen LogP contribution in [0.3, 0.4) is 0 Å². The number of nitrogens with zero attached hydrogens (tertiary/aromatic N) is 3. The zero-order chi connectivity index (χ0) is 12.7. The summed E-state index contributed by atoms with van der Waals surface area (Å²) in [5, 5.41) is 3.82. The molecule has 18 heavy (non-hydrogen) atoms. The Morgan fingerprint density at radius 1 is 1.33 bits per heavy atom. The van der Waals surface area contributed by atoms with Crippen molar-refractivity contribution >= 4 is 11.6 Å². The normalized spacial score (nSPS) is 18.1. The van der Waals surface area contributed by atoms with Crippen molar-refractivity contribution in [2.75, 3.05) is 6.54 Å². The van der Waals surface area contributed by atoms with Crippen LogP contribution in [0.1, 0.15) is 12.0 Å². The van der Waals surface area contributed by atoms with Crippen LogP contribution >= 0.6 is 0 Å². The molecule has 0 aromatic carbocycles. The molecular formula is C11H8F2N4O. The van der Waals surface area contributed by atoms with E-state index in [1.54, 1.807) is 0 Å². The predicted molar refractivity (Wildman–Crippen MR) is 58.2 cm³/mol. The van der Waals surface area contributed by atoms with Crippen LogP contribution in [0.25, 0.3) is 0 Å². The van der Waals surface area contributed by atoms with Crippen LogP contribution in [-0.2, 0) is 4.79 Å². The minimum atomic E-state index is -1.05. The number of halogens is 2. The maximum absolute atomic E-state index is 13.5. The molecule has 0 radical (unpaired) electrons. The fraction of sp³-hybridized carbons (Fsp3) is 0.182. The van der Waals surface area contributed by atoms with E-state index in [1.165, 1.54) is 4.90 Å². The maximum atomic E-state index is 13.5. The van der Waals surface area contributed by atoms with E-state index >= 15 is 0 Å². The number of carbonyl (C=O) groups is 1. The quantitative estimate of drug-likeness (QED) is 0.748. The minimum absolute atomic E-state index is 0.0981. The standard InChI is InChI=1S/C11H8F2N4O/c12-7-4-3-6(10(13)14-7)9-11(18)17-5-1-2-8(17)15-16-9/h2-4,15H,1,5H2. The van der Waals surface area contributed by atoms with Crippen LogP contribution in [0.15, 0.2) is 29.1 Å². The van der Waals surface area contributed by atoms with Gasteiger partial charge in [0.05, 0.1) is 5.56 Å². The monoisotopic (exact) mass is 250 g/mol. The van der Waals surface area contributed by atoms with Gasteiger partial charge >= 0.3 is 0 Å². The molecule has 0 fully saturated rings.